The number of hydrogen-bond donors (Lipinski definition) is 0. The number of halogens is 1. The third-order valence-electron chi connectivity index (χ3n) is 2.59. The van der Waals surface area contributed by atoms with E-state index in [1.165, 1.54) is 0 Å². The quantitative estimate of drug-likeness (QED) is 0.445. The van der Waals surface area contributed by atoms with Gasteiger partial charge in [0, 0.05) is 17.3 Å². The highest BCUT2D eigenvalue weighted by Crippen LogP contribution is 2.19. The molecule has 0 aliphatic rings. The van der Waals surface area contributed by atoms with Crippen molar-refractivity contribution in [2.24, 2.45) is 0 Å². The lowest BCUT2D eigenvalue weighted by Gasteiger charge is -2.07. The second-order valence-electron chi connectivity index (χ2n) is 4.08. The third kappa shape index (κ3) is 4.02. The molecular formula is C14H16ClN3OS. The Labute approximate surface area is 127 Å². The van der Waals surface area contributed by atoms with Crippen LogP contribution in [-0.4, -0.2) is 27.1 Å². The van der Waals surface area contributed by atoms with Gasteiger partial charge in [0.05, 0.1) is 6.61 Å². The van der Waals surface area contributed by atoms with Gasteiger partial charge in [0.2, 0.25) is 0 Å². The zero-order valence-electron chi connectivity index (χ0n) is 11.3. The minimum atomic E-state index is 0.588. The Morgan fingerprint density at radius 1 is 1.45 bits per heavy atom. The number of nitrogens with zero attached hydrogens (tertiary/aromatic N) is 3. The summed E-state index contributed by atoms with van der Waals surface area (Å²) in [5.74, 6) is 2.46. The molecular weight excluding hydrogens is 294 g/mol. The fourth-order valence-corrected chi connectivity index (χ4v) is 2.65. The minimum absolute atomic E-state index is 0.588. The number of hydrogen-bond acceptors (Lipinski definition) is 4. The first-order valence-electron chi connectivity index (χ1n) is 6.22. The van der Waals surface area contributed by atoms with Crippen molar-refractivity contribution in [2.45, 2.75) is 18.6 Å². The molecule has 0 fully saturated rings. The molecule has 6 heteroatoms. The van der Waals surface area contributed by atoms with E-state index in [2.05, 4.69) is 16.8 Å². The number of aryl methyl sites for hydroxylation is 1. The van der Waals surface area contributed by atoms with E-state index in [0.717, 1.165) is 29.0 Å². The standard InChI is InChI=1S/C14H16ClN3OS/c1-3-7-18-11(2)16-17-14(18)20-9-8-19-13-6-4-5-12(15)10-13/h3-6,10H,1,7-9H2,2H3. The van der Waals surface area contributed by atoms with Gasteiger partial charge in [-0.2, -0.15) is 0 Å². The molecule has 20 heavy (non-hydrogen) atoms. The Morgan fingerprint density at radius 3 is 3.05 bits per heavy atom. The van der Waals surface area contributed by atoms with Crippen LogP contribution in [0.4, 0.5) is 0 Å². The summed E-state index contributed by atoms with van der Waals surface area (Å²) in [4.78, 5) is 0. The predicted molar refractivity (Wildman–Crippen MR) is 82.6 cm³/mol. The van der Waals surface area contributed by atoms with Crippen molar-refractivity contribution < 1.29 is 4.74 Å². The summed E-state index contributed by atoms with van der Waals surface area (Å²) in [6.07, 6.45) is 1.84. The van der Waals surface area contributed by atoms with Crippen LogP contribution >= 0.6 is 23.4 Å². The highest BCUT2D eigenvalue weighted by Gasteiger charge is 2.07. The zero-order chi connectivity index (χ0) is 14.4. The third-order valence-corrected chi connectivity index (χ3v) is 3.76. The monoisotopic (exact) mass is 309 g/mol. The van der Waals surface area contributed by atoms with Gasteiger partial charge in [0.25, 0.3) is 0 Å². The molecule has 1 aromatic carbocycles. The molecule has 0 saturated carbocycles. The number of rotatable bonds is 7. The molecule has 0 unspecified atom stereocenters. The van der Waals surface area contributed by atoms with Gasteiger partial charge in [0.15, 0.2) is 5.16 Å². The zero-order valence-corrected chi connectivity index (χ0v) is 12.8. The van der Waals surface area contributed by atoms with Crippen molar-refractivity contribution >= 4 is 23.4 Å². The molecule has 0 radical (unpaired) electrons. The Morgan fingerprint density at radius 2 is 2.30 bits per heavy atom. The fourth-order valence-electron chi connectivity index (χ4n) is 1.66. The van der Waals surface area contributed by atoms with Crippen molar-refractivity contribution in [3.8, 4) is 5.75 Å². The van der Waals surface area contributed by atoms with E-state index in [0.29, 0.717) is 11.6 Å². The summed E-state index contributed by atoms with van der Waals surface area (Å²) in [6.45, 7) is 6.98. The molecule has 1 heterocycles. The first-order chi connectivity index (χ1) is 9.70. The average Bonchev–Trinajstić information content (AvgIpc) is 2.77. The van der Waals surface area contributed by atoms with Crippen LogP contribution in [0.1, 0.15) is 5.82 Å². The predicted octanol–water partition coefficient (Wildman–Crippen LogP) is 3.60. The molecule has 0 N–H and O–H groups in total. The lowest BCUT2D eigenvalue weighted by Crippen LogP contribution is -2.04. The van der Waals surface area contributed by atoms with Gasteiger partial charge in [-0.1, -0.05) is 35.5 Å². The molecule has 1 aromatic heterocycles. The Kier molecular flexibility index (Phi) is 5.49. The van der Waals surface area contributed by atoms with Crippen molar-refractivity contribution in [1.29, 1.82) is 0 Å². The van der Waals surface area contributed by atoms with Crippen LogP contribution in [0.3, 0.4) is 0 Å². The van der Waals surface area contributed by atoms with Gasteiger partial charge in [-0.15, -0.1) is 16.8 Å². The number of aromatic nitrogens is 3. The van der Waals surface area contributed by atoms with Gasteiger partial charge < -0.3 is 9.30 Å². The molecule has 0 bridgehead atoms. The Hall–Kier alpha value is -1.46. The average molecular weight is 310 g/mol. The summed E-state index contributed by atoms with van der Waals surface area (Å²) in [7, 11) is 0. The van der Waals surface area contributed by atoms with E-state index in [-0.39, 0.29) is 0 Å². The first-order valence-corrected chi connectivity index (χ1v) is 7.59. The summed E-state index contributed by atoms with van der Waals surface area (Å²) in [5.41, 5.74) is 0. The smallest absolute Gasteiger partial charge is 0.191 e. The van der Waals surface area contributed by atoms with Crippen LogP contribution < -0.4 is 4.74 Å². The number of benzene rings is 1. The molecule has 2 aromatic rings. The number of thioether (sulfide) groups is 1. The van der Waals surface area contributed by atoms with Gasteiger partial charge in [-0.3, -0.25) is 0 Å². The van der Waals surface area contributed by atoms with Crippen molar-refractivity contribution in [2.75, 3.05) is 12.4 Å². The maximum atomic E-state index is 5.90. The van der Waals surface area contributed by atoms with E-state index in [4.69, 9.17) is 16.3 Å². The number of ether oxygens (including phenoxy) is 1. The van der Waals surface area contributed by atoms with Crippen LogP contribution in [-0.2, 0) is 6.54 Å². The van der Waals surface area contributed by atoms with Gasteiger partial charge in [-0.25, -0.2) is 0 Å². The lowest BCUT2D eigenvalue weighted by atomic mass is 10.3. The second kappa shape index (κ2) is 7.36. The van der Waals surface area contributed by atoms with E-state index < -0.39 is 0 Å². The highest BCUT2D eigenvalue weighted by atomic mass is 35.5. The molecule has 0 saturated heterocycles. The topological polar surface area (TPSA) is 39.9 Å². The normalized spacial score (nSPS) is 10.5. The molecule has 0 amide bonds. The summed E-state index contributed by atoms with van der Waals surface area (Å²) in [5, 5.41) is 9.78. The van der Waals surface area contributed by atoms with Crippen LogP contribution in [0.15, 0.2) is 42.1 Å². The number of allylic oxidation sites excluding steroid dienone is 1. The molecule has 4 nitrogen and oxygen atoms in total. The fraction of sp³-hybridized carbons (Fsp3) is 0.286. The minimum Gasteiger partial charge on any atom is -0.493 e. The van der Waals surface area contributed by atoms with E-state index in [1.54, 1.807) is 17.8 Å². The Balaban J connectivity index is 1.83. The summed E-state index contributed by atoms with van der Waals surface area (Å²) in [6, 6.07) is 7.38. The molecule has 2 rings (SSSR count). The van der Waals surface area contributed by atoms with Crippen LogP contribution in [0.2, 0.25) is 5.02 Å². The van der Waals surface area contributed by atoms with Gasteiger partial charge in [-0.05, 0) is 25.1 Å². The molecule has 106 valence electrons. The molecule has 0 aliphatic carbocycles. The second-order valence-corrected chi connectivity index (χ2v) is 5.58. The lowest BCUT2D eigenvalue weighted by molar-refractivity contribution is 0.344. The Bertz CT molecular complexity index is 586. The van der Waals surface area contributed by atoms with Crippen LogP contribution in [0.5, 0.6) is 5.75 Å². The van der Waals surface area contributed by atoms with Crippen molar-refractivity contribution in [3.05, 3.63) is 47.8 Å². The van der Waals surface area contributed by atoms with Crippen LogP contribution in [0, 0.1) is 6.92 Å². The van der Waals surface area contributed by atoms with Crippen molar-refractivity contribution in [1.82, 2.24) is 14.8 Å². The van der Waals surface area contributed by atoms with E-state index in [1.807, 2.05) is 35.8 Å². The first kappa shape index (κ1) is 14.9. The summed E-state index contributed by atoms with van der Waals surface area (Å²) < 4.78 is 7.66. The maximum Gasteiger partial charge on any atom is 0.191 e. The summed E-state index contributed by atoms with van der Waals surface area (Å²) >= 11 is 7.51. The van der Waals surface area contributed by atoms with Gasteiger partial charge >= 0.3 is 0 Å². The highest BCUT2D eigenvalue weighted by molar-refractivity contribution is 7.99. The van der Waals surface area contributed by atoms with E-state index in [9.17, 15) is 0 Å². The largest absolute Gasteiger partial charge is 0.493 e. The molecule has 0 aliphatic heterocycles. The van der Waals surface area contributed by atoms with Gasteiger partial charge in [0.1, 0.15) is 11.6 Å². The van der Waals surface area contributed by atoms with Crippen LogP contribution in [0.25, 0.3) is 0 Å². The SMILES string of the molecule is C=CCn1c(C)nnc1SCCOc1cccc(Cl)c1. The maximum absolute atomic E-state index is 5.90. The molecule has 0 atom stereocenters. The van der Waals surface area contributed by atoms with Crippen molar-refractivity contribution in [3.63, 3.8) is 0 Å². The molecule has 0 spiro atoms. The van der Waals surface area contributed by atoms with E-state index >= 15 is 0 Å².